The molecule has 0 aliphatic heterocycles. The highest BCUT2D eigenvalue weighted by atomic mass is 32.2. The number of hydrogen-bond donors (Lipinski definition) is 1. The molecule has 6 nitrogen and oxygen atoms in total. The van der Waals surface area contributed by atoms with E-state index in [1.165, 1.54) is 51.4 Å². The van der Waals surface area contributed by atoms with Crippen LogP contribution in [0.2, 0.25) is 0 Å². The van der Waals surface area contributed by atoms with E-state index < -0.39 is 10.1 Å². The fourth-order valence-corrected chi connectivity index (χ4v) is 4.22. The van der Waals surface area contributed by atoms with Crippen LogP contribution in [-0.4, -0.2) is 53.0 Å². The summed E-state index contributed by atoms with van der Waals surface area (Å²) in [6.45, 7) is 11.4. The lowest BCUT2D eigenvalue weighted by atomic mass is 10.1. The van der Waals surface area contributed by atoms with Crippen molar-refractivity contribution in [1.82, 2.24) is 10.2 Å². The van der Waals surface area contributed by atoms with Gasteiger partial charge < -0.3 is 10.2 Å². The number of nitrogens with one attached hydrogen (secondary N) is 1. The number of hydrogen-bond acceptors (Lipinski definition) is 5. The van der Waals surface area contributed by atoms with Crippen molar-refractivity contribution in [2.24, 2.45) is 0 Å². The van der Waals surface area contributed by atoms with Crippen LogP contribution in [0.3, 0.4) is 0 Å². The molecule has 0 saturated carbocycles. The summed E-state index contributed by atoms with van der Waals surface area (Å²) >= 11 is 0. The molecule has 0 aromatic heterocycles. The first kappa shape index (κ1) is 33.3. The maximum Gasteiger partial charge on any atom is 0.296 e. The molecular weight excluding hydrogens is 460 g/mol. The molecular formula is C28H50N2O4S. The summed E-state index contributed by atoms with van der Waals surface area (Å²) in [5.74, 6) is -0.0474. The lowest BCUT2D eigenvalue weighted by Crippen LogP contribution is -2.27. The zero-order chi connectivity index (χ0) is 26.5. The van der Waals surface area contributed by atoms with Crippen LogP contribution in [0.4, 0.5) is 0 Å². The maximum atomic E-state index is 12.0. The van der Waals surface area contributed by atoms with Crippen molar-refractivity contribution in [2.75, 3.05) is 33.8 Å². The van der Waals surface area contributed by atoms with Gasteiger partial charge in [0.05, 0.1) is 11.5 Å². The molecule has 0 aliphatic carbocycles. The first-order valence-corrected chi connectivity index (χ1v) is 14.6. The Bertz CT molecular complexity index is 790. The number of unbranched alkanes of at least 4 members (excludes halogenated alkanes) is 9. The number of nitrogens with zero attached hydrogens (tertiary/aromatic N) is 1. The zero-order valence-corrected chi connectivity index (χ0v) is 23.7. The second kappa shape index (κ2) is 20.5. The molecule has 0 spiro atoms. The zero-order valence-electron chi connectivity index (χ0n) is 22.9. The van der Waals surface area contributed by atoms with E-state index in [2.05, 4.69) is 23.7 Å². The highest BCUT2D eigenvalue weighted by Gasteiger charge is 2.14. The summed E-state index contributed by atoms with van der Waals surface area (Å²) in [6, 6.07) is 6.78. The molecule has 0 aliphatic rings. The van der Waals surface area contributed by atoms with Gasteiger partial charge in [0.1, 0.15) is 0 Å². The number of carbonyl (C=O) groups excluding carboxylic acids is 1. The molecule has 0 saturated heterocycles. The Balaban J connectivity index is 0.000000814. The maximum absolute atomic E-state index is 12.0. The molecule has 1 N–H and O–H groups in total. The minimum atomic E-state index is -3.59. The predicted molar refractivity (Wildman–Crippen MR) is 147 cm³/mol. The van der Waals surface area contributed by atoms with Crippen LogP contribution in [0, 0.1) is 6.92 Å². The first-order chi connectivity index (χ1) is 16.6. The molecule has 0 heterocycles. The summed E-state index contributed by atoms with van der Waals surface area (Å²) in [5.41, 5.74) is 1.61. The fourth-order valence-electron chi connectivity index (χ4n) is 3.28. The van der Waals surface area contributed by atoms with Crippen molar-refractivity contribution in [3.05, 3.63) is 42.0 Å². The Morgan fingerprint density at radius 2 is 1.43 bits per heavy atom. The number of amides is 1. The van der Waals surface area contributed by atoms with Gasteiger partial charge in [-0.05, 0) is 59.5 Å². The van der Waals surface area contributed by atoms with Gasteiger partial charge in [-0.15, -0.1) is 0 Å². The SMILES string of the molecule is C=C(C)C(=O)NCCCN(C)C.CCCCCCCCCCCCOS(=O)(=O)c1ccc(C)cc1. The Labute approximate surface area is 215 Å². The number of rotatable bonds is 18. The van der Waals surface area contributed by atoms with Crippen molar-refractivity contribution < 1.29 is 17.4 Å². The van der Waals surface area contributed by atoms with Gasteiger partial charge in [-0.2, -0.15) is 8.42 Å². The third-order valence-electron chi connectivity index (χ3n) is 5.50. The molecule has 35 heavy (non-hydrogen) atoms. The normalized spacial score (nSPS) is 11.1. The van der Waals surface area contributed by atoms with Gasteiger partial charge in [-0.1, -0.05) is 89.0 Å². The van der Waals surface area contributed by atoms with Gasteiger partial charge in [-0.25, -0.2) is 0 Å². The third kappa shape index (κ3) is 19.2. The topological polar surface area (TPSA) is 75.7 Å². The molecule has 0 atom stereocenters. The molecule has 0 unspecified atom stereocenters. The van der Waals surface area contributed by atoms with Gasteiger partial charge >= 0.3 is 0 Å². The van der Waals surface area contributed by atoms with Crippen LogP contribution in [0.1, 0.15) is 90.0 Å². The second-order valence-electron chi connectivity index (χ2n) is 9.46. The van der Waals surface area contributed by atoms with E-state index in [4.69, 9.17) is 4.18 Å². The van der Waals surface area contributed by atoms with E-state index in [0.29, 0.717) is 5.57 Å². The van der Waals surface area contributed by atoms with Gasteiger partial charge in [0.25, 0.3) is 10.1 Å². The molecule has 7 heteroatoms. The Kier molecular flexibility index (Phi) is 19.5. The van der Waals surface area contributed by atoms with Crippen LogP contribution >= 0.6 is 0 Å². The average molecular weight is 511 g/mol. The third-order valence-corrected chi connectivity index (χ3v) is 6.83. The van der Waals surface area contributed by atoms with Crippen LogP contribution in [0.25, 0.3) is 0 Å². The van der Waals surface area contributed by atoms with E-state index in [1.54, 1.807) is 31.2 Å². The van der Waals surface area contributed by atoms with Crippen LogP contribution in [-0.2, 0) is 19.1 Å². The second-order valence-corrected chi connectivity index (χ2v) is 11.1. The summed E-state index contributed by atoms with van der Waals surface area (Å²) in [4.78, 5) is 13.3. The van der Waals surface area contributed by atoms with Crippen molar-refractivity contribution in [3.8, 4) is 0 Å². The predicted octanol–water partition coefficient (Wildman–Crippen LogP) is 6.25. The molecule has 1 rings (SSSR count). The van der Waals surface area contributed by atoms with Gasteiger partial charge in [-0.3, -0.25) is 8.98 Å². The Morgan fingerprint density at radius 1 is 0.914 bits per heavy atom. The van der Waals surface area contributed by atoms with Crippen LogP contribution in [0.5, 0.6) is 0 Å². The largest absolute Gasteiger partial charge is 0.352 e. The fraction of sp³-hybridized carbons (Fsp3) is 0.679. The van der Waals surface area contributed by atoms with Crippen molar-refractivity contribution in [2.45, 2.75) is 96.3 Å². The molecule has 0 radical (unpaired) electrons. The van der Waals surface area contributed by atoms with E-state index in [-0.39, 0.29) is 17.4 Å². The van der Waals surface area contributed by atoms with Crippen LogP contribution in [0.15, 0.2) is 41.3 Å². The summed E-state index contributed by atoms with van der Waals surface area (Å²) in [7, 11) is 0.442. The van der Waals surface area contributed by atoms with Gasteiger partial charge in [0, 0.05) is 12.1 Å². The van der Waals surface area contributed by atoms with Crippen molar-refractivity contribution >= 4 is 16.0 Å². The van der Waals surface area contributed by atoms with E-state index >= 15 is 0 Å². The van der Waals surface area contributed by atoms with Crippen molar-refractivity contribution in [1.29, 1.82) is 0 Å². The average Bonchev–Trinajstić information content (AvgIpc) is 2.80. The van der Waals surface area contributed by atoms with E-state index in [0.717, 1.165) is 37.9 Å². The minimum Gasteiger partial charge on any atom is -0.352 e. The highest BCUT2D eigenvalue weighted by molar-refractivity contribution is 7.86. The minimum absolute atomic E-state index is 0.0474. The summed E-state index contributed by atoms with van der Waals surface area (Å²) in [6.07, 6.45) is 13.2. The standard InChI is InChI=1S/C19H32O3S.C9H18N2O/c1-3-4-5-6-7-8-9-10-11-12-17-22-23(20,21)19-15-13-18(2)14-16-19;1-8(2)9(12)10-6-5-7-11(3)4/h13-16H,3-12,17H2,1-2H3;1,5-7H2,2-4H3,(H,10,12). The smallest absolute Gasteiger partial charge is 0.296 e. The number of benzene rings is 1. The monoisotopic (exact) mass is 510 g/mol. The van der Waals surface area contributed by atoms with Gasteiger partial charge in [0.15, 0.2) is 0 Å². The molecule has 1 aromatic rings. The van der Waals surface area contributed by atoms with E-state index in [9.17, 15) is 13.2 Å². The molecule has 1 amide bonds. The molecule has 0 bridgehead atoms. The Morgan fingerprint density at radius 3 is 1.91 bits per heavy atom. The number of aryl methyl sites for hydroxylation is 1. The lowest BCUT2D eigenvalue weighted by molar-refractivity contribution is -0.117. The first-order valence-electron chi connectivity index (χ1n) is 13.1. The Hall–Kier alpha value is -1.70. The lowest BCUT2D eigenvalue weighted by Gasteiger charge is -2.09. The van der Waals surface area contributed by atoms with Crippen molar-refractivity contribution in [3.63, 3.8) is 0 Å². The quantitative estimate of drug-likeness (QED) is 0.143. The molecule has 0 fully saturated rings. The summed E-state index contributed by atoms with van der Waals surface area (Å²) < 4.78 is 29.1. The van der Waals surface area contributed by atoms with Gasteiger partial charge in [0.2, 0.25) is 5.91 Å². The highest BCUT2D eigenvalue weighted by Crippen LogP contribution is 2.15. The summed E-state index contributed by atoms with van der Waals surface area (Å²) in [5, 5.41) is 2.77. The molecule has 202 valence electrons. The number of carbonyl (C=O) groups is 1. The van der Waals surface area contributed by atoms with Crippen LogP contribution < -0.4 is 5.32 Å². The van der Waals surface area contributed by atoms with E-state index in [1.807, 2.05) is 21.0 Å². The molecule has 1 aromatic carbocycles.